The first kappa shape index (κ1) is 28.7. The number of halogens is 2. The van der Waals surface area contributed by atoms with Gasteiger partial charge in [-0.25, -0.2) is 39.2 Å². The summed E-state index contributed by atoms with van der Waals surface area (Å²) in [4.78, 5) is 7.52. The predicted octanol–water partition coefficient (Wildman–Crippen LogP) is 3.20. The maximum atomic E-state index is 10.2. The minimum absolute atomic E-state index is 0. The fourth-order valence-electron chi connectivity index (χ4n) is 1.06. The number of rotatable bonds is 2. The topological polar surface area (TPSA) is 71.9 Å². The van der Waals surface area contributed by atoms with Gasteiger partial charge in [0.2, 0.25) is 0 Å². The Morgan fingerprint density at radius 1 is 0.880 bits per heavy atom. The molecular formula is C18H20Cl2N2O2Zr. The van der Waals surface area contributed by atoms with Crippen LogP contribution in [0.3, 0.4) is 0 Å². The van der Waals surface area contributed by atoms with Crippen molar-refractivity contribution in [3.63, 3.8) is 0 Å². The van der Waals surface area contributed by atoms with Gasteiger partial charge in [0.1, 0.15) is 0 Å². The zero-order valence-corrected chi connectivity index (χ0v) is 17.8. The van der Waals surface area contributed by atoms with Crippen LogP contribution in [0.1, 0.15) is 11.4 Å². The van der Waals surface area contributed by atoms with Crippen molar-refractivity contribution in [3.05, 3.63) is 97.2 Å². The molecule has 0 aliphatic heterocycles. The van der Waals surface area contributed by atoms with Crippen molar-refractivity contribution in [2.75, 3.05) is 0 Å². The molecule has 0 saturated heterocycles. The van der Waals surface area contributed by atoms with E-state index in [2.05, 4.69) is 37.0 Å². The summed E-state index contributed by atoms with van der Waals surface area (Å²) in [6.07, 6.45) is 6.05. The number of aromatic nitrogens is 2. The van der Waals surface area contributed by atoms with Crippen LogP contribution in [-0.2, 0) is 39.4 Å². The molecule has 0 spiro atoms. The third-order valence-corrected chi connectivity index (χ3v) is 2.32. The Kier molecular flexibility index (Phi) is 24.0. The number of pyridine rings is 2. The van der Waals surface area contributed by atoms with Gasteiger partial charge in [-0.15, -0.1) is 0 Å². The quantitative estimate of drug-likeness (QED) is 0.648. The summed E-state index contributed by atoms with van der Waals surface area (Å²) in [6, 6.07) is 6.41. The molecule has 2 heterocycles. The van der Waals surface area contributed by atoms with Crippen LogP contribution >= 0.6 is 23.2 Å². The fraction of sp³-hybridized carbons (Fsp3) is 0.111. The molecule has 132 valence electrons. The van der Waals surface area contributed by atoms with Gasteiger partial charge >= 0.3 is 26.2 Å². The number of allylic oxidation sites excluding steroid dienone is 2. The Balaban J connectivity index is -0.000000287. The molecule has 0 aliphatic carbocycles. The molecule has 4 nitrogen and oxygen atoms in total. The van der Waals surface area contributed by atoms with Crippen LogP contribution in [0, 0.1) is 13.8 Å². The maximum absolute atomic E-state index is 10.2. The van der Waals surface area contributed by atoms with Crippen LogP contribution < -0.4 is 10.2 Å². The molecule has 25 heavy (non-hydrogen) atoms. The third-order valence-electron chi connectivity index (χ3n) is 1.85. The summed E-state index contributed by atoms with van der Waals surface area (Å²) in [5.41, 5.74) is 0.977. The monoisotopic (exact) mass is 456 g/mol. The number of hydrogen-bond donors (Lipinski definition) is 0. The molecule has 0 unspecified atom stereocenters. The molecule has 0 saturated carbocycles. The average Bonchev–Trinajstić information content (AvgIpc) is 2.57. The van der Waals surface area contributed by atoms with E-state index in [1.165, 1.54) is 24.5 Å². The fourth-order valence-corrected chi connectivity index (χ4v) is 1.42. The maximum Gasteiger partial charge on any atom is 4.00 e. The van der Waals surface area contributed by atoms with Crippen molar-refractivity contribution >= 4 is 23.2 Å². The Morgan fingerprint density at radius 2 is 1.16 bits per heavy atom. The van der Waals surface area contributed by atoms with Crippen LogP contribution in [0.5, 0.6) is 0 Å². The van der Waals surface area contributed by atoms with Gasteiger partial charge in [-0.2, -0.15) is 0 Å². The van der Waals surface area contributed by atoms with Crippen LogP contribution in [0.25, 0.3) is 0 Å². The Bertz CT molecular complexity index is 533. The molecule has 7 heteroatoms. The van der Waals surface area contributed by atoms with Gasteiger partial charge in [-0.3, -0.25) is 9.97 Å². The average molecular weight is 458 g/mol. The largest absolute Gasteiger partial charge is 4.00 e. The van der Waals surface area contributed by atoms with E-state index < -0.39 is 0 Å². The van der Waals surface area contributed by atoms with E-state index in [0.29, 0.717) is 21.4 Å². The van der Waals surface area contributed by atoms with E-state index in [9.17, 15) is 10.2 Å². The second-order valence-corrected chi connectivity index (χ2v) is 4.67. The van der Waals surface area contributed by atoms with Gasteiger partial charge in [0, 0.05) is 33.8 Å². The molecule has 2 aromatic rings. The van der Waals surface area contributed by atoms with Crippen molar-refractivity contribution < 1.29 is 36.4 Å². The van der Waals surface area contributed by atoms with Crippen molar-refractivity contribution in [3.8, 4) is 0 Å². The van der Waals surface area contributed by atoms with Crippen LogP contribution in [0.2, 0.25) is 10.0 Å². The van der Waals surface area contributed by atoms with Crippen molar-refractivity contribution in [1.29, 1.82) is 0 Å². The standard InChI is InChI=1S/2C6H5ClNO.2C3H5.Zr/c2*7-5-1-2-8-6(3-5)4-9;2*1-3-2;/h2*1-3H,4H2;2*3H,1-2H2;/q4*-1;+4. The van der Waals surface area contributed by atoms with Crippen LogP contribution in [0.15, 0.2) is 62.0 Å². The Hall–Kier alpha value is -1.10. The van der Waals surface area contributed by atoms with Gasteiger partial charge in [0.15, 0.2) is 0 Å². The summed E-state index contributed by atoms with van der Waals surface area (Å²) in [6.45, 7) is 12.4. The smallest absolute Gasteiger partial charge is 0.850 e. The molecule has 0 N–H and O–H groups in total. The summed E-state index contributed by atoms with van der Waals surface area (Å²) < 4.78 is 0. The van der Waals surface area contributed by atoms with Gasteiger partial charge in [-0.05, 0) is 24.3 Å². The summed E-state index contributed by atoms with van der Waals surface area (Å²) in [5, 5.41) is 21.5. The van der Waals surface area contributed by atoms with Crippen LogP contribution in [0.4, 0.5) is 0 Å². The first-order valence-corrected chi connectivity index (χ1v) is 7.41. The van der Waals surface area contributed by atoms with Gasteiger partial charge < -0.3 is 10.2 Å². The van der Waals surface area contributed by atoms with Crippen molar-refractivity contribution in [1.82, 2.24) is 9.97 Å². The zero-order chi connectivity index (χ0) is 18.8. The second-order valence-electron chi connectivity index (χ2n) is 3.80. The van der Waals surface area contributed by atoms with E-state index in [0.717, 1.165) is 0 Å². The SMILES string of the molecule is C=C[CH2-].C=C[CH2-].[O-]Cc1cc(Cl)ccn1.[O-]Cc1cc(Cl)ccn1.[Zr+4]. The van der Waals surface area contributed by atoms with Crippen molar-refractivity contribution in [2.45, 2.75) is 13.2 Å². The molecule has 0 atom stereocenters. The number of hydrogen-bond acceptors (Lipinski definition) is 4. The first-order chi connectivity index (χ1) is 11.5. The van der Waals surface area contributed by atoms with Gasteiger partial charge in [0.25, 0.3) is 0 Å². The zero-order valence-electron chi connectivity index (χ0n) is 13.8. The van der Waals surface area contributed by atoms with E-state index in [1.807, 2.05) is 0 Å². The predicted molar refractivity (Wildman–Crippen MR) is 97.0 cm³/mol. The molecule has 0 radical (unpaired) electrons. The molecule has 0 fully saturated rings. The second kappa shape index (κ2) is 20.9. The summed E-state index contributed by atoms with van der Waals surface area (Å²) in [5.74, 6) is 0. The Labute approximate surface area is 179 Å². The minimum atomic E-state index is -0.305. The third kappa shape index (κ3) is 19.1. The summed E-state index contributed by atoms with van der Waals surface area (Å²) >= 11 is 11.1. The van der Waals surface area contributed by atoms with E-state index >= 15 is 0 Å². The van der Waals surface area contributed by atoms with Gasteiger partial charge in [-0.1, -0.05) is 36.4 Å². The van der Waals surface area contributed by atoms with Gasteiger partial charge in [0.05, 0.1) is 0 Å². The molecule has 0 bridgehead atoms. The van der Waals surface area contributed by atoms with E-state index in [-0.39, 0.29) is 39.4 Å². The molecular weight excluding hydrogens is 438 g/mol. The number of nitrogens with zero attached hydrogens (tertiary/aromatic N) is 2. The van der Waals surface area contributed by atoms with E-state index in [1.54, 1.807) is 24.3 Å². The minimum Gasteiger partial charge on any atom is -0.850 e. The molecule has 0 aromatic carbocycles. The Morgan fingerprint density at radius 3 is 1.32 bits per heavy atom. The van der Waals surface area contributed by atoms with Crippen molar-refractivity contribution in [2.24, 2.45) is 0 Å². The molecule has 0 amide bonds. The molecule has 2 rings (SSSR count). The molecule has 2 aromatic heterocycles. The molecule has 0 aliphatic rings. The van der Waals surface area contributed by atoms with Crippen LogP contribution in [-0.4, -0.2) is 9.97 Å². The first-order valence-electron chi connectivity index (χ1n) is 6.66. The normalized spacial score (nSPS) is 7.84. The summed E-state index contributed by atoms with van der Waals surface area (Å²) in [7, 11) is 0. The van der Waals surface area contributed by atoms with E-state index in [4.69, 9.17) is 23.2 Å².